The van der Waals surface area contributed by atoms with Gasteiger partial charge in [0.2, 0.25) is 11.8 Å². The largest absolute Gasteiger partial charge is 0.350 e. The van der Waals surface area contributed by atoms with Crippen molar-refractivity contribution in [2.45, 2.75) is 58.7 Å². The molecule has 0 saturated heterocycles. The Bertz CT molecular complexity index is 910. The van der Waals surface area contributed by atoms with Gasteiger partial charge in [0.05, 0.1) is 0 Å². The van der Waals surface area contributed by atoms with E-state index >= 15 is 0 Å². The monoisotopic (exact) mass is 468 g/mol. The lowest BCUT2D eigenvalue weighted by Crippen LogP contribution is -2.52. The number of halogens is 3. The summed E-state index contributed by atoms with van der Waals surface area (Å²) in [6, 6.07) is 11.9. The molecule has 1 unspecified atom stereocenters. The molecule has 2 rings (SSSR count). The molecule has 2 aromatic carbocycles. The number of benzene rings is 2. The third-order valence-electron chi connectivity index (χ3n) is 4.59. The quantitative estimate of drug-likeness (QED) is 0.548. The van der Waals surface area contributed by atoms with Gasteiger partial charge >= 0.3 is 0 Å². The summed E-state index contributed by atoms with van der Waals surface area (Å²) in [6.45, 7) is 7.63. The second-order valence-electron chi connectivity index (χ2n) is 8.26. The SMILES string of the molecule is CC(C(=O)NC(C)(C)C)N(Cc1ccc(Cl)cc1Cl)C(=O)CCc1ccccc1Cl. The number of rotatable bonds is 7. The third-order valence-corrected chi connectivity index (χ3v) is 5.54. The second-order valence-corrected chi connectivity index (χ2v) is 9.51. The number of nitrogens with one attached hydrogen (secondary N) is 1. The van der Waals surface area contributed by atoms with E-state index in [2.05, 4.69) is 5.32 Å². The summed E-state index contributed by atoms with van der Waals surface area (Å²) in [6.07, 6.45) is 0.707. The van der Waals surface area contributed by atoms with Crippen molar-refractivity contribution >= 4 is 46.6 Å². The number of hydrogen-bond acceptors (Lipinski definition) is 2. The molecule has 0 spiro atoms. The van der Waals surface area contributed by atoms with Crippen LogP contribution in [0, 0.1) is 0 Å². The fourth-order valence-electron chi connectivity index (χ4n) is 2.98. The molecule has 0 radical (unpaired) electrons. The summed E-state index contributed by atoms with van der Waals surface area (Å²) < 4.78 is 0. The predicted molar refractivity (Wildman–Crippen MR) is 124 cm³/mol. The Morgan fingerprint density at radius 1 is 1.00 bits per heavy atom. The van der Waals surface area contributed by atoms with E-state index in [0.29, 0.717) is 21.5 Å². The molecule has 0 fully saturated rings. The Balaban J connectivity index is 2.23. The number of carbonyl (C=O) groups excluding carboxylic acids is 2. The zero-order chi connectivity index (χ0) is 22.5. The summed E-state index contributed by atoms with van der Waals surface area (Å²) in [7, 11) is 0. The number of hydrogen-bond donors (Lipinski definition) is 1. The van der Waals surface area contributed by atoms with E-state index < -0.39 is 11.6 Å². The van der Waals surface area contributed by atoms with Crippen molar-refractivity contribution in [1.29, 1.82) is 0 Å². The van der Waals surface area contributed by atoms with E-state index in [1.807, 2.05) is 39.0 Å². The number of aryl methyl sites for hydroxylation is 1. The summed E-state index contributed by atoms with van der Waals surface area (Å²) in [4.78, 5) is 27.5. The van der Waals surface area contributed by atoms with Gasteiger partial charge in [0, 0.05) is 33.6 Å². The van der Waals surface area contributed by atoms with Crippen molar-refractivity contribution in [3.63, 3.8) is 0 Å². The molecule has 0 heterocycles. The van der Waals surface area contributed by atoms with Crippen molar-refractivity contribution < 1.29 is 9.59 Å². The van der Waals surface area contributed by atoms with E-state index in [0.717, 1.165) is 11.1 Å². The van der Waals surface area contributed by atoms with Gasteiger partial charge in [-0.3, -0.25) is 9.59 Å². The van der Waals surface area contributed by atoms with Crippen LogP contribution >= 0.6 is 34.8 Å². The fraction of sp³-hybridized carbons (Fsp3) is 0.391. The standard InChI is InChI=1S/C23H27Cl3N2O2/c1-15(22(30)27-23(2,3)4)28(14-17-9-11-18(24)13-20(17)26)21(29)12-10-16-7-5-6-8-19(16)25/h5-9,11,13,15H,10,12,14H2,1-4H3,(H,27,30). The Kier molecular flexibility index (Phi) is 8.60. The van der Waals surface area contributed by atoms with Crippen LogP contribution in [0.3, 0.4) is 0 Å². The van der Waals surface area contributed by atoms with Crippen LogP contribution in [0.4, 0.5) is 0 Å². The fourth-order valence-corrected chi connectivity index (χ4v) is 3.67. The molecule has 1 atom stereocenters. The van der Waals surface area contributed by atoms with Gasteiger partial charge < -0.3 is 10.2 Å². The van der Waals surface area contributed by atoms with Crippen LogP contribution in [0.15, 0.2) is 42.5 Å². The Hall–Kier alpha value is -1.75. The number of amides is 2. The first-order chi connectivity index (χ1) is 14.0. The first-order valence-electron chi connectivity index (χ1n) is 9.77. The van der Waals surface area contributed by atoms with Crippen molar-refractivity contribution in [1.82, 2.24) is 10.2 Å². The molecule has 0 bridgehead atoms. The normalized spacial score (nSPS) is 12.4. The first-order valence-corrected chi connectivity index (χ1v) is 10.9. The molecule has 0 aliphatic heterocycles. The summed E-state index contributed by atoms with van der Waals surface area (Å²) >= 11 is 18.5. The minimum absolute atomic E-state index is 0.155. The van der Waals surface area contributed by atoms with Gasteiger partial charge in [-0.05, 0) is 63.4 Å². The van der Waals surface area contributed by atoms with Crippen molar-refractivity contribution in [3.8, 4) is 0 Å². The van der Waals surface area contributed by atoms with Gasteiger partial charge in [-0.25, -0.2) is 0 Å². The highest BCUT2D eigenvalue weighted by Gasteiger charge is 2.28. The number of carbonyl (C=O) groups is 2. The molecule has 0 aliphatic carbocycles. The van der Waals surface area contributed by atoms with Crippen LogP contribution in [-0.4, -0.2) is 28.3 Å². The zero-order valence-corrected chi connectivity index (χ0v) is 19.9. The molecule has 4 nitrogen and oxygen atoms in total. The zero-order valence-electron chi connectivity index (χ0n) is 17.6. The Labute approximate surface area is 193 Å². The maximum atomic E-state index is 13.2. The van der Waals surface area contributed by atoms with Crippen LogP contribution in [0.1, 0.15) is 45.2 Å². The third kappa shape index (κ3) is 7.19. The average molecular weight is 470 g/mol. The van der Waals surface area contributed by atoms with E-state index in [-0.39, 0.29) is 24.8 Å². The molecular weight excluding hydrogens is 443 g/mol. The van der Waals surface area contributed by atoms with Gasteiger partial charge in [-0.2, -0.15) is 0 Å². The van der Waals surface area contributed by atoms with Gasteiger partial charge in [0.1, 0.15) is 6.04 Å². The van der Waals surface area contributed by atoms with E-state index in [1.54, 1.807) is 36.1 Å². The maximum Gasteiger partial charge on any atom is 0.242 e. The lowest BCUT2D eigenvalue weighted by molar-refractivity contribution is -0.141. The average Bonchev–Trinajstić information content (AvgIpc) is 2.64. The van der Waals surface area contributed by atoms with Crippen LogP contribution in [0.25, 0.3) is 0 Å². The molecule has 162 valence electrons. The van der Waals surface area contributed by atoms with Gasteiger partial charge in [-0.1, -0.05) is 59.1 Å². The minimum Gasteiger partial charge on any atom is -0.350 e. The van der Waals surface area contributed by atoms with Crippen LogP contribution < -0.4 is 5.32 Å². The summed E-state index contributed by atoms with van der Waals surface area (Å²) in [5.41, 5.74) is 1.21. The van der Waals surface area contributed by atoms with Crippen LogP contribution in [0.5, 0.6) is 0 Å². The summed E-state index contributed by atoms with van der Waals surface area (Å²) in [5.74, 6) is -0.379. The topological polar surface area (TPSA) is 49.4 Å². The summed E-state index contributed by atoms with van der Waals surface area (Å²) in [5, 5.41) is 4.53. The molecule has 2 aromatic rings. The lowest BCUT2D eigenvalue weighted by atomic mass is 10.1. The van der Waals surface area contributed by atoms with Gasteiger partial charge in [0.15, 0.2) is 0 Å². The highest BCUT2D eigenvalue weighted by molar-refractivity contribution is 6.35. The molecule has 0 aromatic heterocycles. The minimum atomic E-state index is -0.672. The molecular formula is C23H27Cl3N2O2. The van der Waals surface area contributed by atoms with E-state index in [4.69, 9.17) is 34.8 Å². The Morgan fingerprint density at radius 3 is 2.27 bits per heavy atom. The predicted octanol–water partition coefficient (Wildman–Crippen LogP) is 5.91. The van der Waals surface area contributed by atoms with Crippen LogP contribution in [0.2, 0.25) is 15.1 Å². The second kappa shape index (κ2) is 10.5. The molecule has 2 amide bonds. The smallest absolute Gasteiger partial charge is 0.242 e. The Morgan fingerprint density at radius 2 is 1.67 bits per heavy atom. The van der Waals surface area contributed by atoms with Gasteiger partial charge in [-0.15, -0.1) is 0 Å². The molecule has 0 saturated carbocycles. The maximum absolute atomic E-state index is 13.2. The number of nitrogens with zero attached hydrogens (tertiary/aromatic N) is 1. The van der Waals surface area contributed by atoms with Crippen molar-refractivity contribution in [2.24, 2.45) is 0 Å². The molecule has 1 N–H and O–H groups in total. The molecule has 0 aliphatic rings. The lowest BCUT2D eigenvalue weighted by Gasteiger charge is -2.32. The van der Waals surface area contributed by atoms with Crippen molar-refractivity contribution in [2.75, 3.05) is 0 Å². The van der Waals surface area contributed by atoms with E-state index in [1.165, 1.54) is 0 Å². The van der Waals surface area contributed by atoms with Crippen molar-refractivity contribution in [3.05, 3.63) is 68.7 Å². The highest BCUT2D eigenvalue weighted by Crippen LogP contribution is 2.24. The molecule has 30 heavy (non-hydrogen) atoms. The molecule has 7 heteroatoms. The van der Waals surface area contributed by atoms with E-state index in [9.17, 15) is 9.59 Å². The van der Waals surface area contributed by atoms with Crippen LogP contribution in [-0.2, 0) is 22.6 Å². The van der Waals surface area contributed by atoms with Gasteiger partial charge in [0.25, 0.3) is 0 Å². The highest BCUT2D eigenvalue weighted by atomic mass is 35.5. The first kappa shape index (κ1) is 24.5.